The fourth-order valence-electron chi connectivity index (χ4n) is 1.80. The molecule has 1 aliphatic rings. The zero-order valence-electron chi connectivity index (χ0n) is 9.29. The van der Waals surface area contributed by atoms with Gasteiger partial charge in [-0.3, -0.25) is 0 Å². The zero-order chi connectivity index (χ0) is 10.4. The summed E-state index contributed by atoms with van der Waals surface area (Å²) in [6.45, 7) is 5.30. The first kappa shape index (κ1) is 11.5. The third-order valence-electron chi connectivity index (χ3n) is 3.05. The van der Waals surface area contributed by atoms with E-state index >= 15 is 0 Å². The van der Waals surface area contributed by atoms with Crippen LogP contribution in [0.15, 0.2) is 0 Å². The molecule has 14 heavy (non-hydrogen) atoms. The third-order valence-corrected chi connectivity index (χ3v) is 3.05. The molecular formula is C11H21N3. The highest BCUT2D eigenvalue weighted by molar-refractivity contribution is 4.85. The predicted octanol–water partition coefficient (Wildman–Crippen LogP) is 1.22. The molecule has 0 aromatic rings. The Balaban J connectivity index is 2.16. The van der Waals surface area contributed by atoms with Gasteiger partial charge in [0.25, 0.3) is 0 Å². The van der Waals surface area contributed by atoms with E-state index in [0.29, 0.717) is 6.04 Å². The summed E-state index contributed by atoms with van der Waals surface area (Å²) >= 11 is 0. The standard InChI is InChI=1S/C11H21N3/c1-3-10(8-12)9-13-11-4-6-14(2)7-5-11/h10-11,13H,3-7,9H2,1-2H3. The predicted molar refractivity (Wildman–Crippen MR) is 57.9 cm³/mol. The molecule has 0 aromatic carbocycles. The first-order valence-corrected chi connectivity index (χ1v) is 5.57. The number of hydrogen-bond donors (Lipinski definition) is 1. The molecule has 1 atom stereocenters. The lowest BCUT2D eigenvalue weighted by atomic mass is 10.0. The molecule has 0 saturated carbocycles. The first-order chi connectivity index (χ1) is 6.76. The summed E-state index contributed by atoms with van der Waals surface area (Å²) in [4.78, 5) is 2.36. The second kappa shape index (κ2) is 6.00. The fourth-order valence-corrected chi connectivity index (χ4v) is 1.80. The molecule has 80 valence electrons. The number of nitrogens with zero attached hydrogens (tertiary/aromatic N) is 2. The maximum absolute atomic E-state index is 8.80. The summed E-state index contributed by atoms with van der Waals surface area (Å²) in [5.74, 6) is 0.189. The molecule has 1 fully saturated rings. The van der Waals surface area contributed by atoms with Gasteiger partial charge in [-0.15, -0.1) is 0 Å². The van der Waals surface area contributed by atoms with Crippen molar-refractivity contribution in [3.63, 3.8) is 0 Å². The maximum atomic E-state index is 8.80. The van der Waals surface area contributed by atoms with Crippen molar-refractivity contribution in [3.05, 3.63) is 0 Å². The summed E-state index contributed by atoms with van der Waals surface area (Å²) in [6, 6.07) is 2.96. The molecule has 1 rings (SSSR count). The highest BCUT2D eigenvalue weighted by atomic mass is 15.1. The normalized spacial score (nSPS) is 21.8. The molecule has 0 bridgehead atoms. The van der Waals surface area contributed by atoms with Crippen LogP contribution >= 0.6 is 0 Å². The molecule has 1 saturated heterocycles. The Morgan fingerprint density at radius 3 is 2.64 bits per heavy atom. The van der Waals surface area contributed by atoms with Gasteiger partial charge >= 0.3 is 0 Å². The lowest BCUT2D eigenvalue weighted by molar-refractivity contribution is 0.232. The molecule has 0 aromatic heterocycles. The number of piperidine rings is 1. The smallest absolute Gasteiger partial charge is 0.0669 e. The largest absolute Gasteiger partial charge is 0.313 e. The van der Waals surface area contributed by atoms with Crippen LogP contribution < -0.4 is 5.32 Å². The van der Waals surface area contributed by atoms with Crippen molar-refractivity contribution in [2.24, 2.45) is 5.92 Å². The Kier molecular flexibility index (Phi) is 4.92. The Morgan fingerprint density at radius 2 is 2.14 bits per heavy atom. The van der Waals surface area contributed by atoms with Crippen molar-refractivity contribution in [2.75, 3.05) is 26.7 Å². The molecule has 0 amide bonds. The van der Waals surface area contributed by atoms with Crippen LogP contribution in [-0.2, 0) is 0 Å². The number of nitriles is 1. The Hall–Kier alpha value is -0.590. The quantitative estimate of drug-likeness (QED) is 0.733. The highest BCUT2D eigenvalue weighted by Crippen LogP contribution is 2.09. The van der Waals surface area contributed by atoms with Crippen molar-refractivity contribution in [1.29, 1.82) is 5.26 Å². The van der Waals surface area contributed by atoms with Crippen molar-refractivity contribution < 1.29 is 0 Å². The van der Waals surface area contributed by atoms with Crippen molar-refractivity contribution in [2.45, 2.75) is 32.2 Å². The van der Waals surface area contributed by atoms with E-state index in [0.717, 1.165) is 13.0 Å². The topological polar surface area (TPSA) is 39.1 Å². The minimum Gasteiger partial charge on any atom is -0.313 e. The fraction of sp³-hybridized carbons (Fsp3) is 0.909. The number of rotatable bonds is 4. The molecule has 1 N–H and O–H groups in total. The average Bonchev–Trinajstić information content (AvgIpc) is 2.22. The van der Waals surface area contributed by atoms with Gasteiger partial charge in [0.2, 0.25) is 0 Å². The van der Waals surface area contributed by atoms with Gasteiger partial charge in [0.1, 0.15) is 0 Å². The molecule has 1 heterocycles. The van der Waals surface area contributed by atoms with E-state index in [1.165, 1.54) is 25.9 Å². The van der Waals surface area contributed by atoms with Crippen LogP contribution in [0.4, 0.5) is 0 Å². The third kappa shape index (κ3) is 3.65. The minimum absolute atomic E-state index is 0.189. The van der Waals surface area contributed by atoms with Gasteiger partial charge in [-0.2, -0.15) is 5.26 Å². The molecule has 0 spiro atoms. The number of likely N-dealkylation sites (tertiary alicyclic amines) is 1. The van der Waals surface area contributed by atoms with Gasteiger partial charge in [-0.25, -0.2) is 0 Å². The van der Waals surface area contributed by atoms with Crippen molar-refractivity contribution in [3.8, 4) is 6.07 Å². The average molecular weight is 195 g/mol. The van der Waals surface area contributed by atoms with Crippen LogP contribution in [0.1, 0.15) is 26.2 Å². The second-order valence-corrected chi connectivity index (χ2v) is 4.22. The molecule has 3 heteroatoms. The number of nitrogens with one attached hydrogen (secondary N) is 1. The van der Waals surface area contributed by atoms with Crippen LogP contribution in [0.2, 0.25) is 0 Å². The monoisotopic (exact) mass is 195 g/mol. The Bertz CT molecular complexity index is 189. The molecule has 1 unspecified atom stereocenters. The van der Waals surface area contributed by atoms with Crippen LogP contribution in [0, 0.1) is 17.2 Å². The Morgan fingerprint density at radius 1 is 1.50 bits per heavy atom. The lowest BCUT2D eigenvalue weighted by Crippen LogP contribution is -2.42. The van der Waals surface area contributed by atoms with E-state index < -0.39 is 0 Å². The van der Waals surface area contributed by atoms with Crippen LogP contribution in [0.5, 0.6) is 0 Å². The van der Waals surface area contributed by atoms with E-state index in [9.17, 15) is 0 Å². The van der Waals surface area contributed by atoms with Crippen molar-refractivity contribution in [1.82, 2.24) is 10.2 Å². The maximum Gasteiger partial charge on any atom is 0.0669 e. The molecule has 0 aliphatic carbocycles. The Labute approximate surface area is 87.1 Å². The summed E-state index contributed by atoms with van der Waals surface area (Å²) in [6.07, 6.45) is 3.40. The molecule has 0 radical (unpaired) electrons. The van der Waals surface area contributed by atoms with Gasteiger partial charge < -0.3 is 10.2 Å². The van der Waals surface area contributed by atoms with Crippen LogP contribution in [0.25, 0.3) is 0 Å². The first-order valence-electron chi connectivity index (χ1n) is 5.57. The molecule has 3 nitrogen and oxygen atoms in total. The zero-order valence-corrected chi connectivity index (χ0v) is 9.29. The van der Waals surface area contributed by atoms with Gasteiger partial charge in [0, 0.05) is 12.6 Å². The summed E-state index contributed by atoms with van der Waals surface area (Å²) in [5.41, 5.74) is 0. The number of hydrogen-bond acceptors (Lipinski definition) is 3. The van der Waals surface area contributed by atoms with Gasteiger partial charge in [-0.1, -0.05) is 6.92 Å². The van der Waals surface area contributed by atoms with Gasteiger partial charge in [0.05, 0.1) is 12.0 Å². The van der Waals surface area contributed by atoms with Gasteiger partial charge in [-0.05, 0) is 39.4 Å². The molecular weight excluding hydrogens is 174 g/mol. The van der Waals surface area contributed by atoms with E-state index in [1.807, 2.05) is 0 Å². The van der Waals surface area contributed by atoms with Crippen LogP contribution in [-0.4, -0.2) is 37.6 Å². The lowest BCUT2D eigenvalue weighted by Gasteiger charge is -2.30. The van der Waals surface area contributed by atoms with E-state index in [1.54, 1.807) is 0 Å². The van der Waals surface area contributed by atoms with E-state index in [-0.39, 0.29) is 5.92 Å². The van der Waals surface area contributed by atoms with E-state index in [4.69, 9.17) is 5.26 Å². The van der Waals surface area contributed by atoms with Crippen molar-refractivity contribution >= 4 is 0 Å². The van der Waals surface area contributed by atoms with Crippen LogP contribution in [0.3, 0.4) is 0 Å². The van der Waals surface area contributed by atoms with Gasteiger partial charge in [0.15, 0.2) is 0 Å². The summed E-state index contributed by atoms with van der Waals surface area (Å²) < 4.78 is 0. The highest BCUT2D eigenvalue weighted by Gasteiger charge is 2.16. The summed E-state index contributed by atoms with van der Waals surface area (Å²) in [5, 5.41) is 12.3. The minimum atomic E-state index is 0.189. The summed E-state index contributed by atoms with van der Waals surface area (Å²) in [7, 11) is 2.17. The van der Waals surface area contributed by atoms with E-state index in [2.05, 4.69) is 30.3 Å². The SMILES string of the molecule is CCC(C#N)CNC1CCN(C)CC1. The molecule has 1 aliphatic heterocycles. The second-order valence-electron chi connectivity index (χ2n) is 4.22.